The lowest BCUT2D eigenvalue weighted by Gasteiger charge is -2.20. The van der Waals surface area contributed by atoms with E-state index in [1.165, 1.54) is 47.4 Å². The summed E-state index contributed by atoms with van der Waals surface area (Å²) in [5, 5.41) is 13.2. The molecule has 0 aliphatic heterocycles. The van der Waals surface area contributed by atoms with E-state index in [-0.39, 0.29) is 16.1 Å². The molecule has 0 spiro atoms. The number of nitrogens with one attached hydrogen (secondary N) is 2. The molecule has 0 aliphatic rings. The molecule has 3 aromatic rings. The summed E-state index contributed by atoms with van der Waals surface area (Å²) >= 11 is 0. The van der Waals surface area contributed by atoms with Gasteiger partial charge in [0.1, 0.15) is 12.1 Å². The number of benzene rings is 2. The third-order valence-electron chi connectivity index (χ3n) is 4.02. The third-order valence-corrected chi connectivity index (χ3v) is 5.77. The zero-order chi connectivity index (χ0) is 22.1. The van der Waals surface area contributed by atoms with Crippen molar-refractivity contribution >= 4 is 21.6 Å². The van der Waals surface area contributed by atoms with Gasteiger partial charge in [0.05, 0.1) is 16.3 Å². The Kier molecular flexibility index (Phi) is 5.68. The fourth-order valence-electron chi connectivity index (χ4n) is 2.70. The maximum atomic E-state index is 14.3. The Balaban J connectivity index is 1.92. The van der Waals surface area contributed by atoms with Crippen molar-refractivity contribution < 1.29 is 17.6 Å². The van der Waals surface area contributed by atoms with Crippen LogP contribution in [0, 0.1) is 12.7 Å². The zero-order valence-corrected chi connectivity index (χ0v) is 17.7. The van der Waals surface area contributed by atoms with Gasteiger partial charge in [0.25, 0.3) is 5.91 Å². The van der Waals surface area contributed by atoms with Gasteiger partial charge >= 0.3 is 0 Å². The average molecular weight is 432 g/mol. The Morgan fingerprint density at radius 2 is 1.87 bits per heavy atom. The van der Waals surface area contributed by atoms with E-state index in [0.29, 0.717) is 11.3 Å². The average Bonchev–Trinajstić information content (AvgIpc) is 3.16. The van der Waals surface area contributed by atoms with Crippen LogP contribution in [-0.4, -0.2) is 40.1 Å². The molecule has 3 rings (SSSR count). The lowest BCUT2D eigenvalue weighted by Crippen LogP contribution is -2.40. The van der Waals surface area contributed by atoms with Gasteiger partial charge in [-0.3, -0.25) is 4.79 Å². The minimum Gasteiger partial charge on any atom is -0.319 e. The lowest BCUT2D eigenvalue weighted by molar-refractivity contribution is 0.102. The van der Waals surface area contributed by atoms with Crippen LogP contribution < -0.4 is 10.0 Å². The number of tetrazole rings is 1. The van der Waals surface area contributed by atoms with E-state index in [1.807, 2.05) is 0 Å². The minimum atomic E-state index is -3.84. The van der Waals surface area contributed by atoms with Gasteiger partial charge in [-0.2, -0.15) is 0 Å². The molecule has 0 aliphatic carbocycles. The largest absolute Gasteiger partial charge is 0.319 e. The first-order valence-electron chi connectivity index (χ1n) is 8.95. The summed E-state index contributed by atoms with van der Waals surface area (Å²) in [5.41, 5.74) is 0.317. The molecule has 2 aromatic carbocycles. The number of aromatic nitrogens is 4. The first kappa shape index (κ1) is 21.5. The van der Waals surface area contributed by atoms with Crippen molar-refractivity contribution in [3.63, 3.8) is 0 Å². The molecule has 0 radical (unpaired) electrons. The molecule has 0 saturated heterocycles. The summed E-state index contributed by atoms with van der Waals surface area (Å²) in [6.07, 6.45) is 1.33. The van der Waals surface area contributed by atoms with Gasteiger partial charge < -0.3 is 5.32 Å². The SMILES string of the molecule is Cc1ccc(S(=O)(=O)NC(C)(C)C)cc1C(=O)Nc1cc(-n2cnnn2)ccc1F. The number of amides is 1. The topological polar surface area (TPSA) is 119 Å². The number of carbonyl (C=O) groups excluding carboxylic acids is 1. The van der Waals surface area contributed by atoms with Gasteiger partial charge in [0.15, 0.2) is 0 Å². The summed E-state index contributed by atoms with van der Waals surface area (Å²) < 4.78 is 43.3. The fraction of sp³-hybridized carbons (Fsp3) is 0.263. The highest BCUT2D eigenvalue weighted by Gasteiger charge is 2.24. The normalized spacial score (nSPS) is 12.0. The van der Waals surface area contributed by atoms with Crippen LogP contribution in [0.5, 0.6) is 0 Å². The van der Waals surface area contributed by atoms with Gasteiger partial charge in [-0.25, -0.2) is 22.2 Å². The van der Waals surface area contributed by atoms with Gasteiger partial charge in [-0.1, -0.05) is 6.07 Å². The van der Waals surface area contributed by atoms with Crippen LogP contribution in [0.2, 0.25) is 0 Å². The van der Waals surface area contributed by atoms with Crippen LogP contribution in [0.4, 0.5) is 10.1 Å². The number of sulfonamides is 1. The van der Waals surface area contributed by atoms with Gasteiger partial charge in [0.2, 0.25) is 10.0 Å². The van der Waals surface area contributed by atoms with Crippen molar-refractivity contribution in [2.75, 3.05) is 5.32 Å². The summed E-state index contributed by atoms with van der Waals surface area (Å²) in [6, 6.07) is 8.22. The van der Waals surface area contributed by atoms with E-state index in [0.717, 1.165) is 0 Å². The second-order valence-corrected chi connectivity index (χ2v) is 9.39. The van der Waals surface area contributed by atoms with E-state index in [4.69, 9.17) is 0 Å². The van der Waals surface area contributed by atoms with E-state index < -0.39 is 27.3 Å². The summed E-state index contributed by atoms with van der Waals surface area (Å²) in [6.45, 7) is 6.81. The van der Waals surface area contributed by atoms with Crippen LogP contribution in [-0.2, 0) is 10.0 Å². The van der Waals surface area contributed by atoms with Gasteiger partial charge in [0, 0.05) is 11.1 Å². The number of halogens is 1. The molecule has 9 nitrogen and oxygen atoms in total. The minimum absolute atomic E-state index is 0.0592. The van der Waals surface area contributed by atoms with Crippen LogP contribution in [0.25, 0.3) is 5.69 Å². The molecule has 1 heterocycles. The maximum absolute atomic E-state index is 14.3. The Bertz CT molecular complexity index is 1190. The number of rotatable bonds is 5. The number of nitrogens with zero attached hydrogens (tertiary/aromatic N) is 4. The predicted octanol–water partition coefficient (Wildman–Crippen LogP) is 2.44. The fourth-order valence-corrected chi connectivity index (χ4v) is 4.14. The third kappa shape index (κ3) is 4.86. The van der Waals surface area contributed by atoms with Crippen molar-refractivity contribution in [2.24, 2.45) is 0 Å². The van der Waals surface area contributed by atoms with Crippen LogP contribution in [0.1, 0.15) is 36.7 Å². The molecular weight excluding hydrogens is 411 g/mol. The highest BCUT2D eigenvalue weighted by molar-refractivity contribution is 7.89. The molecule has 0 saturated carbocycles. The van der Waals surface area contributed by atoms with Crippen LogP contribution in [0.3, 0.4) is 0 Å². The molecule has 0 bridgehead atoms. The maximum Gasteiger partial charge on any atom is 0.256 e. The van der Waals surface area contributed by atoms with E-state index in [2.05, 4.69) is 25.6 Å². The standard InChI is InChI=1S/C19H21FN6O3S/c1-12-5-7-14(30(28,29)23-19(2,3)4)10-15(12)18(27)22-17-9-13(6-8-16(17)20)26-11-21-24-25-26/h5-11,23H,1-4H3,(H,22,27). The van der Waals surface area contributed by atoms with Crippen molar-refractivity contribution in [3.05, 3.63) is 59.7 Å². The molecule has 30 heavy (non-hydrogen) atoms. The first-order chi connectivity index (χ1) is 14.0. The molecule has 2 N–H and O–H groups in total. The second-order valence-electron chi connectivity index (χ2n) is 7.70. The second kappa shape index (κ2) is 7.92. The number of hydrogen-bond acceptors (Lipinski definition) is 6. The number of hydrogen-bond donors (Lipinski definition) is 2. The predicted molar refractivity (Wildman–Crippen MR) is 108 cm³/mol. The van der Waals surface area contributed by atoms with E-state index >= 15 is 0 Å². The molecule has 0 fully saturated rings. The molecular formula is C19H21FN6O3S. The summed E-state index contributed by atoms with van der Waals surface area (Å²) in [5.74, 6) is -1.30. The highest BCUT2D eigenvalue weighted by atomic mass is 32.2. The molecule has 1 aromatic heterocycles. The Labute approximate surface area is 173 Å². The van der Waals surface area contributed by atoms with Crippen LogP contribution >= 0.6 is 0 Å². The molecule has 158 valence electrons. The lowest BCUT2D eigenvalue weighted by atomic mass is 10.1. The first-order valence-corrected chi connectivity index (χ1v) is 10.4. The monoisotopic (exact) mass is 432 g/mol. The molecule has 0 unspecified atom stereocenters. The van der Waals surface area contributed by atoms with Crippen molar-refractivity contribution in [3.8, 4) is 5.69 Å². The molecule has 11 heteroatoms. The van der Waals surface area contributed by atoms with Crippen molar-refractivity contribution in [1.82, 2.24) is 24.9 Å². The Morgan fingerprint density at radius 1 is 1.13 bits per heavy atom. The van der Waals surface area contributed by atoms with Gasteiger partial charge in [-0.05, 0) is 74.0 Å². The van der Waals surface area contributed by atoms with Gasteiger partial charge in [-0.15, -0.1) is 5.10 Å². The Morgan fingerprint density at radius 3 is 2.50 bits per heavy atom. The highest BCUT2D eigenvalue weighted by Crippen LogP contribution is 2.22. The summed E-state index contributed by atoms with van der Waals surface area (Å²) in [4.78, 5) is 12.8. The molecule has 1 amide bonds. The Hall–Kier alpha value is -3.18. The summed E-state index contributed by atoms with van der Waals surface area (Å²) in [7, 11) is -3.84. The zero-order valence-electron chi connectivity index (χ0n) is 16.8. The molecule has 0 atom stereocenters. The van der Waals surface area contributed by atoms with Crippen molar-refractivity contribution in [1.29, 1.82) is 0 Å². The smallest absolute Gasteiger partial charge is 0.256 e. The van der Waals surface area contributed by atoms with Crippen molar-refractivity contribution in [2.45, 2.75) is 38.1 Å². The number of anilines is 1. The van der Waals surface area contributed by atoms with E-state index in [1.54, 1.807) is 27.7 Å². The number of carbonyl (C=O) groups is 1. The van der Waals surface area contributed by atoms with E-state index in [9.17, 15) is 17.6 Å². The quantitative estimate of drug-likeness (QED) is 0.639. The van der Waals surface area contributed by atoms with Crippen LogP contribution in [0.15, 0.2) is 47.6 Å². The number of aryl methyl sites for hydroxylation is 1.